The Morgan fingerprint density at radius 3 is 2.41 bits per heavy atom. The molecule has 1 aromatic rings. The van der Waals surface area contributed by atoms with E-state index < -0.39 is 11.9 Å². The minimum absolute atomic E-state index is 0.0140. The maximum Gasteiger partial charge on any atom is 0.308 e. The molecule has 1 heterocycles. The van der Waals surface area contributed by atoms with E-state index in [9.17, 15) is 9.59 Å². The van der Waals surface area contributed by atoms with Crippen molar-refractivity contribution in [2.24, 2.45) is 11.8 Å². The maximum absolute atomic E-state index is 12.1. The van der Waals surface area contributed by atoms with E-state index in [4.69, 9.17) is 5.11 Å². The third kappa shape index (κ3) is 2.30. The van der Waals surface area contributed by atoms with Crippen LogP contribution in [-0.4, -0.2) is 35.0 Å². The average molecular weight is 233 g/mol. The van der Waals surface area contributed by atoms with Crippen LogP contribution in [0.15, 0.2) is 30.3 Å². The molecule has 1 aliphatic rings. The fourth-order valence-corrected chi connectivity index (χ4v) is 2.22. The Kier molecular flexibility index (Phi) is 3.13. The predicted octanol–water partition coefficient (Wildman–Crippen LogP) is 1.48. The molecule has 17 heavy (non-hydrogen) atoms. The average Bonchev–Trinajstić information content (AvgIpc) is 2.71. The highest BCUT2D eigenvalue weighted by Gasteiger charge is 2.37. The summed E-state index contributed by atoms with van der Waals surface area (Å²) >= 11 is 0. The van der Waals surface area contributed by atoms with Crippen molar-refractivity contribution in [1.29, 1.82) is 0 Å². The summed E-state index contributed by atoms with van der Waals surface area (Å²) in [6.45, 7) is 2.70. The Labute approximate surface area is 99.9 Å². The minimum Gasteiger partial charge on any atom is -0.481 e. The van der Waals surface area contributed by atoms with Gasteiger partial charge in [0, 0.05) is 18.7 Å². The third-order valence-electron chi connectivity index (χ3n) is 3.24. The molecule has 1 N–H and O–H groups in total. The van der Waals surface area contributed by atoms with E-state index in [1.807, 2.05) is 13.0 Å². The van der Waals surface area contributed by atoms with E-state index in [-0.39, 0.29) is 11.8 Å². The van der Waals surface area contributed by atoms with Gasteiger partial charge in [-0.2, -0.15) is 0 Å². The molecule has 1 saturated heterocycles. The first-order valence-electron chi connectivity index (χ1n) is 5.66. The van der Waals surface area contributed by atoms with Crippen LogP contribution in [0.25, 0.3) is 0 Å². The van der Waals surface area contributed by atoms with E-state index in [1.54, 1.807) is 29.2 Å². The summed E-state index contributed by atoms with van der Waals surface area (Å²) in [4.78, 5) is 24.7. The van der Waals surface area contributed by atoms with Crippen LogP contribution in [-0.2, 0) is 4.79 Å². The van der Waals surface area contributed by atoms with Gasteiger partial charge in [-0.1, -0.05) is 25.1 Å². The van der Waals surface area contributed by atoms with Gasteiger partial charge in [-0.05, 0) is 18.1 Å². The van der Waals surface area contributed by atoms with Gasteiger partial charge in [0.25, 0.3) is 5.91 Å². The summed E-state index contributed by atoms with van der Waals surface area (Å²) in [5, 5.41) is 9.02. The van der Waals surface area contributed by atoms with E-state index in [0.29, 0.717) is 18.7 Å². The topological polar surface area (TPSA) is 57.6 Å². The number of amides is 1. The molecule has 4 nitrogen and oxygen atoms in total. The zero-order valence-corrected chi connectivity index (χ0v) is 9.67. The third-order valence-corrected chi connectivity index (χ3v) is 3.24. The van der Waals surface area contributed by atoms with E-state index in [2.05, 4.69) is 0 Å². The van der Waals surface area contributed by atoms with Gasteiger partial charge < -0.3 is 10.0 Å². The SMILES string of the molecule is C[C@@H]1CN(C(=O)c2ccccc2)C[C@H]1C(=O)O. The lowest BCUT2D eigenvalue weighted by atomic mass is 9.99. The smallest absolute Gasteiger partial charge is 0.308 e. The van der Waals surface area contributed by atoms with Crippen LogP contribution in [0.3, 0.4) is 0 Å². The molecule has 4 heteroatoms. The normalized spacial score (nSPS) is 23.7. The van der Waals surface area contributed by atoms with Crippen LogP contribution < -0.4 is 0 Å². The second-order valence-electron chi connectivity index (χ2n) is 4.50. The highest BCUT2D eigenvalue weighted by Crippen LogP contribution is 2.24. The van der Waals surface area contributed by atoms with E-state index in [0.717, 1.165) is 0 Å². The molecule has 1 aliphatic heterocycles. The molecular weight excluding hydrogens is 218 g/mol. The Bertz CT molecular complexity index is 430. The summed E-state index contributed by atoms with van der Waals surface area (Å²) in [5.74, 6) is -1.33. The lowest BCUT2D eigenvalue weighted by molar-refractivity contribution is -0.142. The number of carboxylic acids is 1. The van der Waals surface area contributed by atoms with Crippen LogP contribution in [0, 0.1) is 11.8 Å². The largest absolute Gasteiger partial charge is 0.481 e. The maximum atomic E-state index is 12.1. The van der Waals surface area contributed by atoms with Gasteiger partial charge in [0.2, 0.25) is 0 Å². The summed E-state index contributed by atoms with van der Waals surface area (Å²) < 4.78 is 0. The molecule has 0 aliphatic carbocycles. The van der Waals surface area contributed by atoms with Gasteiger partial charge >= 0.3 is 5.97 Å². The zero-order chi connectivity index (χ0) is 12.4. The molecule has 0 bridgehead atoms. The number of carboxylic acid groups (broad SMARTS) is 1. The second kappa shape index (κ2) is 4.57. The number of nitrogens with zero attached hydrogens (tertiary/aromatic N) is 1. The van der Waals surface area contributed by atoms with Gasteiger partial charge in [0.05, 0.1) is 5.92 Å². The summed E-state index contributed by atoms with van der Waals surface area (Å²) in [7, 11) is 0. The number of rotatable bonds is 2. The van der Waals surface area contributed by atoms with Gasteiger partial charge in [-0.3, -0.25) is 9.59 Å². The van der Waals surface area contributed by atoms with Crippen molar-refractivity contribution < 1.29 is 14.7 Å². The molecule has 1 fully saturated rings. The molecule has 1 aromatic carbocycles. The van der Waals surface area contributed by atoms with Gasteiger partial charge in [-0.15, -0.1) is 0 Å². The highest BCUT2D eigenvalue weighted by atomic mass is 16.4. The standard InChI is InChI=1S/C13H15NO3/c1-9-7-14(8-11(9)13(16)17)12(15)10-5-3-2-4-6-10/h2-6,9,11H,7-8H2,1H3,(H,16,17)/t9-,11-/m1/s1. The number of likely N-dealkylation sites (tertiary alicyclic amines) is 1. The lowest BCUT2D eigenvalue weighted by Crippen LogP contribution is -2.29. The molecular formula is C13H15NO3. The number of carbonyl (C=O) groups is 2. The summed E-state index contributed by atoms with van der Waals surface area (Å²) in [6.07, 6.45) is 0. The quantitative estimate of drug-likeness (QED) is 0.841. The van der Waals surface area contributed by atoms with E-state index >= 15 is 0 Å². The van der Waals surface area contributed by atoms with Crippen molar-refractivity contribution in [3.63, 3.8) is 0 Å². The minimum atomic E-state index is -0.819. The number of aliphatic carboxylic acids is 1. The van der Waals surface area contributed by atoms with Crippen molar-refractivity contribution in [3.05, 3.63) is 35.9 Å². The fraction of sp³-hybridized carbons (Fsp3) is 0.385. The number of hydrogen-bond acceptors (Lipinski definition) is 2. The molecule has 0 spiro atoms. The Morgan fingerprint density at radius 1 is 1.24 bits per heavy atom. The molecule has 0 unspecified atom stereocenters. The monoisotopic (exact) mass is 233 g/mol. The van der Waals surface area contributed by atoms with E-state index in [1.165, 1.54) is 0 Å². The van der Waals surface area contributed by atoms with Crippen molar-refractivity contribution in [1.82, 2.24) is 4.90 Å². The Hall–Kier alpha value is -1.84. The lowest BCUT2D eigenvalue weighted by Gasteiger charge is -2.15. The Morgan fingerprint density at radius 2 is 1.88 bits per heavy atom. The van der Waals surface area contributed by atoms with Crippen LogP contribution in [0.5, 0.6) is 0 Å². The number of carbonyl (C=O) groups excluding carboxylic acids is 1. The van der Waals surface area contributed by atoms with Crippen LogP contribution in [0.2, 0.25) is 0 Å². The molecule has 2 atom stereocenters. The number of benzene rings is 1. The highest BCUT2D eigenvalue weighted by molar-refractivity contribution is 5.94. The van der Waals surface area contributed by atoms with Crippen molar-refractivity contribution in [3.8, 4) is 0 Å². The molecule has 0 saturated carbocycles. The molecule has 1 amide bonds. The molecule has 90 valence electrons. The fourth-order valence-electron chi connectivity index (χ4n) is 2.22. The van der Waals surface area contributed by atoms with Gasteiger partial charge in [0.15, 0.2) is 0 Å². The molecule has 2 rings (SSSR count). The predicted molar refractivity (Wildman–Crippen MR) is 62.6 cm³/mol. The van der Waals surface area contributed by atoms with Crippen molar-refractivity contribution >= 4 is 11.9 Å². The van der Waals surface area contributed by atoms with Crippen molar-refractivity contribution in [2.45, 2.75) is 6.92 Å². The first-order valence-corrected chi connectivity index (χ1v) is 5.66. The van der Waals surface area contributed by atoms with Crippen LogP contribution in [0.4, 0.5) is 0 Å². The van der Waals surface area contributed by atoms with Crippen LogP contribution in [0.1, 0.15) is 17.3 Å². The summed E-state index contributed by atoms with van der Waals surface area (Å²) in [5.41, 5.74) is 0.616. The zero-order valence-electron chi connectivity index (χ0n) is 9.67. The second-order valence-corrected chi connectivity index (χ2v) is 4.50. The van der Waals surface area contributed by atoms with Gasteiger partial charge in [0.1, 0.15) is 0 Å². The first-order chi connectivity index (χ1) is 8.09. The molecule has 0 radical (unpaired) electrons. The molecule has 0 aromatic heterocycles. The number of hydrogen-bond donors (Lipinski definition) is 1. The van der Waals surface area contributed by atoms with Gasteiger partial charge in [-0.25, -0.2) is 0 Å². The van der Waals surface area contributed by atoms with Crippen LogP contribution >= 0.6 is 0 Å². The summed E-state index contributed by atoms with van der Waals surface area (Å²) in [6, 6.07) is 8.97. The first kappa shape index (κ1) is 11.6. The van der Waals surface area contributed by atoms with Crippen molar-refractivity contribution in [2.75, 3.05) is 13.1 Å². The Balaban J connectivity index is 2.11.